The molecular weight excluding hydrogens is 208 g/mol. The number of nitrogens with zero attached hydrogens (tertiary/aromatic N) is 1. The van der Waals surface area contributed by atoms with Gasteiger partial charge < -0.3 is 10.5 Å². The first-order chi connectivity index (χ1) is 7.33. The van der Waals surface area contributed by atoms with Crippen molar-refractivity contribution >= 4 is 11.3 Å². The Balaban J connectivity index is 2.37. The Labute approximate surface area is 92.5 Å². The lowest BCUT2D eigenvalue weighted by Gasteiger charge is -2.13. The quantitative estimate of drug-likeness (QED) is 0.862. The fourth-order valence-corrected chi connectivity index (χ4v) is 2.14. The summed E-state index contributed by atoms with van der Waals surface area (Å²) in [6.07, 6.45) is 1.70. The first-order valence-corrected chi connectivity index (χ1v) is 5.54. The highest BCUT2D eigenvalue weighted by Gasteiger charge is 2.14. The number of aromatic nitrogens is 1. The minimum absolute atomic E-state index is 0.167. The zero-order chi connectivity index (χ0) is 10.7. The Morgan fingerprint density at radius 1 is 1.47 bits per heavy atom. The number of rotatable bonds is 3. The molecule has 78 valence electrons. The molecule has 0 radical (unpaired) electrons. The van der Waals surface area contributed by atoms with Crippen LogP contribution in [0.1, 0.15) is 17.2 Å². The number of hydrogen-bond donors (Lipinski definition) is 1. The average molecular weight is 220 g/mol. The molecule has 0 aliphatic rings. The van der Waals surface area contributed by atoms with Crippen LogP contribution in [0.25, 0.3) is 0 Å². The topological polar surface area (TPSA) is 48.1 Å². The average Bonchev–Trinajstić information content (AvgIpc) is 2.81. The number of ether oxygens (including phenoxy) is 1. The van der Waals surface area contributed by atoms with Crippen molar-refractivity contribution < 1.29 is 4.74 Å². The zero-order valence-electron chi connectivity index (χ0n) is 8.38. The highest BCUT2D eigenvalue weighted by Crippen LogP contribution is 2.27. The molecule has 0 aromatic carbocycles. The van der Waals surface area contributed by atoms with E-state index in [0.29, 0.717) is 5.88 Å². The molecule has 0 saturated heterocycles. The van der Waals surface area contributed by atoms with Gasteiger partial charge in [0.1, 0.15) is 0 Å². The van der Waals surface area contributed by atoms with Crippen molar-refractivity contribution in [1.29, 1.82) is 0 Å². The summed E-state index contributed by atoms with van der Waals surface area (Å²) in [5.74, 6) is 0.594. The van der Waals surface area contributed by atoms with Crippen molar-refractivity contribution in [2.45, 2.75) is 6.04 Å². The smallest absolute Gasteiger partial charge is 0.218 e. The van der Waals surface area contributed by atoms with Gasteiger partial charge in [0.05, 0.1) is 13.2 Å². The molecule has 0 saturated carbocycles. The molecule has 2 aromatic rings. The second-order valence-electron chi connectivity index (χ2n) is 3.14. The van der Waals surface area contributed by atoms with Gasteiger partial charge in [-0.25, -0.2) is 4.98 Å². The van der Waals surface area contributed by atoms with Gasteiger partial charge in [-0.3, -0.25) is 0 Å². The predicted molar refractivity (Wildman–Crippen MR) is 61.1 cm³/mol. The summed E-state index contributed by atoms with van der Waals surface area (Å²) in [4.78, 5) is 4.13. The second-order valence-corrected chi connectivity index (χ2v) is 3.92. The van der Waals surface area contributed by atoms with Crippen LogP contribution in [0, 0.1) is 0 Å². The van der Waals surface area contributed by atoms with Gasteiger partial charge in [-0.2, -0.15) is 11.3 Å². The van der Waals surface area contributed by atoms with Crippen LogP contribution in [0.5, 0.6) is 5.88 Å². The molecule has 0 aliphatic heterocycles. The van der Waals surface area contributed by atoms with Crippen molar-refractivity contribution in [1.82, 2.24) is 4.98 Å². The lowest BCUT2D eigenvalue weighted by molar-refractivity contribution is 0.390. The summed E-state index contributed by atoms with van der Waals surface area (Å²) < 4.78 is 5.18. The molecule has 2 N–H and O–H groups in total. The van der Waals surface area contributed by atoms with E-state index in [4.69, 9.17) is 10.5 Å². The third-order valence-corrected chi connectivity index (χ3v) is 2.93. The normalized spacial score (nSPS) is 12.4. The zero-order valence-corrected chi connectivity index (χ0v) is 9.20. The van der Waals surface area contributed by atoms with Crippen LogP contribution in [0.15, 0.2) is 35.2 Å². The van der Waals surface area contributed by atoms with Crippen LogP contribution in [-0.4, -0.2) is 12.1 Å². The third-order valence-electron chi connectivity index (χ3n) is 2.23. The monoisotopic (exact) mass is 220 g/mol. The molecular formula is C11H12N2OS. The van der Waals surface area contributed by atoms with E-state index in [9.17, 15) is 0 Å². The van der Waals surface area contributed by atoms with Crippen molar-refractivity contribution in [2.24, 2.45) is 5.73 Å². The molecule has 1 atom stereocenters. The standard InChI is InChI=1S/C11H12N2OS/c1-14-11-9(3-2-5-13-11)10(12)8-4-6-15-7-8/h2-7,10H,12H2,1H3. The minimum atomic E-state index is -0.167. The lowest BCUT2D eigenvalue weighted by Crippen LogP contribution is -2.12. The highest BCUT2D eigenvalue weighted by atomic mass is 32.1. The number of thiophene rings is 1. The van der Waals surface area contributed by atoms with Crippen LogP contribution in [-0.2, 0) is 0 Å². The fraction of sp³-hybridized carbons (Fsp3) is 0.182. The maximum atomic E-state index is 6.12. The van der Waals surface area contributed by atoms with Gasteiger partial charge in [-0.05, 0) is 28.5 Å². The van der Waals surface area contributed by atoms with Gasteiger partial charge in [0.2, 0.25) is 5.88 Å². The molecule has 1 unspecified atom stereocenters. The molecule has 0 spiro atoms. The van der Waals surface area contributed by atoms with E-state index >= 15 is 0 Å². The molecule has 2 heterocycles. The molecule has 15 heavy (non-hydrogen) atoms. The van der Waals surface area contributed by atoms with E-state index in [1.807, 2.05) is 29.0 Å². The molecule has 0 fully saturated rings. The summed E-state index contributed by atoms with van der Waals surface area (Å²) in [6, 6.07) is 5.65. The van der Waals surface area contributed by atoms with E-state index in [0.717, 1.165) is 11.1 Å². The molecule has 2 rings (SSSR count). The number of methoxy groups -OCH3 is 1. The predicted octanol–water partition coefficient (Wildman–Crippen LogP) is 2.20. The van der Waals surface area contributed by atoms with Gasteiger partial charge in [-0.15, -0.1) is 0 Å². The first-order valence-electron chi connectivity index (χ1n) is 4.59. The van der Waals surface area contributed by atoms with Crippen LogP contribution < -0.4 is 10.5 Å². The second kappa shape index (κ2) is 4.42. The summed E-state index contributed by atoms with van der Waals surface area (Å²) in [5, 5.41) is 4.05. The van der Waals surface area contributed by atoms with E-state index in [1.54, 1.807) is 24.6 Å². The van der Waals surface area contributed by atoms with Crippen molar-refractivity contribution in [3.05, 3.63) is 46.3 Å². The highest BCUT2D eigenvalue weighted by molar-refractivity contribution is 7.08. The van der Waals surface area contributed by atoms with Crippen LogP contribution in [0.2, 0.25) is 0 Å². The molecule has 0 amide bonds. The minimum Gasteiger partial charge on any atom is -0.481 e. The Morgan fingerprint density at radius 3 is 3.00 bits per heavy atom. The van der Waals surface area contributed by atoms with E-state index in [2.05, 4.69) is 4.98 Å². The molecule has 4 heteroatoms. The summed E-state index contributed by atoms with van der Waals surface area (Å²) in [7, 11) is 1.60. The van der Waals surface area contributed by atoms with E-state index < -0.39 is 0 Å². The molecule has 3 nitrogen and oxygen atoms in total. The van der Waals surface area contributed by atoms with Crippen molar-refractivity contribution in [3.8, 4) is 5.88 Å². The van der Waals surface area contributed by atoms with Gasteiger partial charge in [-0.1, -0.05) is 6.07 Å². The molecule has 0 bridgehead atoms. The van der Waals surface area contributed by atoms with Crippen molar-refractivity contribution in [2.75, 3.05) is 7.11 Å². The number of pyridine rings is 1. The Bertz CT molecular complexity index is 428. The maximum absolute atomic E-state index is 6.12. The Kier molecular flexibility index (Phi) is 2.99. The summed E-state index contributed by atoms with van der Waals surface area (Å²) in [6.45, 7) is 0. The number of nitrogens with two attached hydrogens (primary N) is 1. The molecule has 2 aromatic heterocycles. The fourth-order valence-electron chi connectivity index (χ4n) is 1.44. The summed E-state index contributed by atoms with van der Waals surface area (Å²) in [5.41, 5.74) is 8.13. The van der Waals surface area contributed by atoms with Gasteiger partial charge in [0.25, 0.3) is 0 Å². The third kappa shape index (κ3) is 2.00. The van der Waals surface area contributed by atoms with Gasteiger partial charge >= 0.3 is 0 Å². The van der Waals surface area contributed by atoms with Gasteiger partial charge in [0.15, 0.2) is 0 Å². The number of hydrogen-bond acceptors (Lipinski definition) is 4. The first kappa shape index (κ1) is 10.1. The van der Waals surface area contributed by atoms with Crippen LogP contribution >= 0.6 is 11.3 Å². The SMILES string of the molecule is COc1ncccc1C(N)c1ccsc1. The molecule has 0 aliphatic carbocycles. The summed E-state index contributed by atoms with van der Waals surface area (Å²) >= 11 is 1.63. The van der Waals surface area contributed by atoms with Crippen LogP contribution in [0.3, 0.4) is 0 Å². The Hall–Kier alpha value is -1.39. The largest absolute Gasteiger partial charge is 0.481 e. The van der Waals surface area contributed by atoms with Crippen molar-refractivity contribution in [3.63, 3.8) is 0 Å². The maximum Gasteiger partial charge on any atom is 0.218 e. The van der Waals surface area contributed by atoms with Gasteiger partial charge in [0, 0.05) is 11.8 Å². The van der Waals surface area contributed by atoms with E-state index in [-0.39, 0.29) is 6.04 Å². The Morgan fingerprint density at radius 2 is 2.33 bits per heavy atom. The van der Waals surface area contributed by atoms with Crippen LogP contribution in [0.4, 0.5) is 0 Å². The lowest BCUT2D eigenvalue weighted by atomic mass is 10.0. The van der Waals surface area contributed by atoms with E-state index in [1.165, 1.54) is 0 Å².